The third-order valence-corrected chi connectivity index (χ3v) is 3.26. The summed E-state index contributed by atoms with van der Waals surface area (Å²) >= 11 is 0. The smallest absolute Gasteiger partial charge is 0.343 e. The average Bonchev–Trinajstić information content (AvgIpc) is 2.63. The molecule has 0 saturated carbocycles. The molecule has 0 radical (unpaired) electrons. The van der Waals surface area contributed by atoms with Gasteiger partial charge in [0.1, 0.15) is 17.1 Å². The number of ether oxygens (including phenoxy) is 1. The van der Waals surface area contributed by atoms with Gasteiger partial charge in [-0.15, -0.1) is 6.42 Å². The molecule has 4 nitrogen and oxygen atoms in total. The Morgan fingerprint density at radius 2 is 1.96 bits per heavy atom. The van der Waals surface area contributed by atoms with Crippen LogP contribution in [0.5, 0.6) is 0 Å². The predicted molar refractivity (Wildman–Crippen MR) is 95.1 cm³/mol. The summed E-state index contributed by atoms with van der Waals surface area (Å²) in [6.45, 7) is 1.74. The minimum Gasteiger partial charge on any atom is -0.506 e. The number of carbonyl (C=O) groups is 1. The van der Waals surface area contributed by atoms with Crippen molar-refractivity contribution in [2.24, 2.45) is 4.99 Å². The molecule has 0 aliphatic heterocycles. The molecule has 0 amide bonds. The second-order valence-electron chi connectivity index (χ2n) is 4.91. The lowest BCUT2D eigenvalue weighted by atomic mass is 10.1. The molecule has 1 N–H and O–H groups in total. The summed E-state index contributed by atoms with van der Waals surface area (Å²) < 4.78 is 18.8. The van der Waals surface area contributed by atoms with Gasteiger partial charge in [0.15, 0.2) is 0 Å². The van der Waals surface area contributed by atoms with Gasteiger partial charge in [-0.2, -0.15) is 0 Å². The topological polar surface area (TPSA) is 58.9 Å². The quantitative estimate of drug-likeness (QED) is 0.294. The molecule has 0 heterocycles. The molecule has 0 fully saturated rings. The fourth-order valence-corrected chi connectivity index (χ4v) is 2.00. The zero-order valence-corrected chi connectivity index (χ0v) is 13.6. The number of aliphatic hydroxyl groups is 1. The zero-order chi connectivity index (χ0) is 18.2. The zero-order valence-electron chi connectivity index (χ0n) is 13.6. The Hall–Kier alpha value is -3.39. The van der Waals surface area contributed by atoms with Crippen LogP contribution in [0, 0.1) is 18.2 Å². The first-order chi connectivity index (χ1) is 12.1. The molecule has 2 aromatic rings. The minimum atomic E-state index is -0.799. The van der Waals surface area contributed by atoms with E-state index in [2.05, 4.69) is 10.9 Å². The molecule has 0 saturated heterocycles. The normalized spacial score (nSPS) is 11.7. The number of hydrogen-bond donors (Lipinski definition) is 1. The number of nitrogens with zero attached hydrogens (tertiary/aromatic N) is 1. The number of halogens is 1. The molecule has 0 aromatic heterocycles. The van der Waals surface area contributed by atoms with Gasteiger partial charge in [-0.25, -0.2) is 9.18 Å². The highest BCUT2D eigenvalue weighted by Crippen LogP contribution is 2.20. The van der Waals surface area contributed by atoms with E-state index in [0.29, 0.717) is 11.3 Å². The van der Waals surface area contributed by atoms with Crippen LogP contribution in [0.2, 0.25) is 0 Å². The van der Waals surface area contributed by atoms with Gasteiger partial charge in [0, 0.05) is 11.8 Å². The maximum absolute atomic E-state index is 13.9. The van der Waals surface area contributed by atoms with E-state index in [9.17, 15) is 14.3 Å². The van der Waals surface area contributed by atoms with Crippen molar-refractivity contribution in [3.05, 3.63) is 71.0 Å². The summed E-state index contributed by atoms with van der Waals surface area (Å²) in [5, 5.41) is 10.3. The van der Waals surface area contributed by atoms with Crippen LogP contribution in [0.25, 0.3) is 5.76 Å². The van der Waals surface area contributed by atoms with Crippen LogP contribution in [0.15, 0.2) is 59.1 Å². The van der Waals surface area contributed by atoms with Crippen LogP contribution in [0.3, 0.4) is 0 Å². The van der Waals surface area contributed by atoms with Crippen molar-refractivity contribution in [2.75, 3.05) is 6.61 Å². The third kappa shape index (κ3) is 4.55. The van der Waals surface area contributed by atoms with Crippen molar-refractivity contribution in [2.45, 2.75) is 6.92 Å². The molecular formula is C20H16FNO3. The molecule has 0 aliphatic carbocycles. The van der Waals surface area contributed by atoms with Crippen LogP contribution in [-0.4, -0.2) is 23.9 Å². The molecule has 0 unspecified atom stereocenters. The monoisotopic (exact) mass is 337 g/mol. The summed E-state index contributed by atoms with van der Waals surface area (Å²) in [5.74, 6) is 0.484. The number of rotatable bonds is 5. The van der Waals surface area contributed by atoms with Gasteiger partial charge >= 0.3 is 5.97 Å². The largest absolute Gasteiger partial charge is 0.506 e. The maximum atomic E-state index is 13.9. The Balaban J connectivity index is 2.44. The predicted octanol–water partition coefficient (Wildman–Crippen LogP) is 4.04. The van der Waals surface area contributed by atoms with E-state index < -0.39 is 17.5 Å². The van der Waals surface area contributed by atoms with Crippen molar-refractivity contribution in [1.29, 1.82) is 0 Å². The fourth-order valence-electron chi connectivity index (χ4n) is 2.00. The maximum Gasteiger partial charge on any atom is 0.343 e. The molecule has 0 aliphatic rings. The van der Waals surface area contributed by atoms with Gasteiger partial charge < -0.3 is 9.84 Å². The highest BCUT2D eigenvalue weighted by atomic mass is 19.1. The summed E-state index contributed by atoms with van der Waals surface area (Å²) in [7, 11) is 0. The Bertz CT molecular complexity index is 861. The molecule has 0 bridgehead atoms. The van der Waals surface area contributed by atoms with E-state index in [1.54, 1.807) is 37.3 Å². The third-order valence-electron chi connectivity index (χ3n) is 3.26. The molecule has 2 aromatic carbocycles. The first kappa shape index (κ1) is 18.0. The fraction of sp³-hybridized carbons (Fsp3) is 0.100. The SMILES string of the molecule is C#Cc1ccc(N=CC(C(=O)OCC)=C(O)c2ccccc2F)cc1. The minimum absolute atomic E-state index is 0.109. The van der Waals surface area contributed by atoms with Gasteiger partial charge in [-0.3, -0.25) is 4.99 Å². The van der Waals surface area contributed by atoms with E-state index >= 15 is 0 Å². The second-order valence-corrected chi connectivity index (χ2v) is 4.91. The number of esters is 1. The number of aliphatic hydroxyl groups excluding tert-OH is 1. The Kier molecular flexibility index (Phi) is 6.08. The van der Waals surface area contributed by atoms with Crippen LogP contribution in [0.1, 0.15) is 18.1 Å². The number of benzene rings is 2. The molecule has 5 heteroatoms. The molecule has 126 valence electrons. The second kappa shape index (κ2) is 8.46. The lowest BCUT2D eigenvalue weighted by molar-refractivity contribution is -0.137. The van der Waals surface area contributed by atoms with Crippen molar-refractivity contribution in [3.63, 3.8) is 0 Å². The molecule has 0 spiro atoms. The summed E-state index contributed by atoms with van der Waals surface area (Å²) in [4.78, 5) is 16.2. The number of aliphatic imine (C=N–C) groups is 1. The van der Waals surface area contributed by atoms with E-state index in [4.69, 9.17) is 11.2 Å². The summed E-state index contributed by atoms with van der Waals surface area (Å²) in [6.07, 6.45) is 6.43. The van der Waals surface area contributed by atoms with Crippen molar-refractivity contribution in [1.82, 2.24) is 0 Å². The van der Waals surface area contributed by atoms with Crippen LogP contribution < -0.4 is 0 Å². The van der Waals surface area contributed by atoms with Crippen LogP contribution >= 0.6 is 0 Å². The first-order valence-corrected chi connectivity index (χ1v) is 7.52. The standard InChI is InChI=1S/C20H16FNO3/c1-3-14-9-11-15(12-10-14)22-13-17(20(24)25-4-2)19(23)16-7-5-6-8-18(16)21/h1,5-13,23H,4H2,2H3. The van der Waals surface area contributed by atoms with E-state index in [0.717, 1.165) is 6.21 Å². The van der Waals surface area contributed by atoms with Gasteiger partial charge in [-0.05, 0) is 43.3 Å². The van der Waals surface area contributed by atoms with Gasteiger partial charge in [0.05, 0.1) is 17.9 Å². The van der Waals surface area contributed by atoms with E-state index in [-0.39, 0.29) is 17.7 Å². The highest BCUT2D eigenvalue weighted by molar-refractivity contribution is 6.15. The Morgan fingerprint density at radius 3 is 2.56 bits per heavy atom. The van der Waals surface area contributed by atoms with Gasteiger partial charge in [-0.1, -0.05) is 18.1 Å². The summed E-state index contributed by atoms with van der Waals surface area (Å²) in [5.41, 5.74) is 0.851. The molecular weight excluding hydrogens is 321 g/mol. The highest BCUT2D eigenvalue weighted by Gasteiger charge is 2.18. The Morgan fingerprint density at radius 1 is 1.28 bits per heavy atom. The lowest BCUT2D eigenvalue weighted by Gasteiger charge is -2.07. The Labute approximate surface area is 145 Å². The molecule has 0 atom stereocenters. The average molecular weight is 337 g/mol. The van der Waals surface area contributed by atoms with Crippen molar-refractivity contribution >= 4 is 23.6 Å². The number of terminal acetylenes is 1. The number of carbonyl (C=O) groups excluding carboxylic acids is 1. The number of hydrogen-bond acceptors (Lipinski definition) is 4. The lowest BCUT2D eigenvalue weighted by Crippen LogP contribution is -2.11. The van der Waals surface area contributed by atoms with Crippen molar-refractivity contribution in [3.8, 4) is 12.3 Å². The first-order valence-electron chi connectivity index (χ1n) is 7.52. The van der Waals surface area contributed by atoms with Crippen LogP contribution in [-0.2, 0) is 9.53 Å². The van der Waals surface area contributed by atoms with E-state index in [1.165, 1.54) is 18.2 Å². The van der Waals surface area contributed by atoms with Gasteiger partial charge in [0.2, 0.25) is 0 Å². The van der Waals surface area contributed by atoms with Crippen molar-refractivity contribution < 1.29 is 19.0 Å². The van der Waals surface area contributed by atoms with E-state index in [1.807, 2.05) is 0 Å². The summed E-state index contributed by atoms with van der Waals surface area (Å²) in [6, 6.07) is 12.3. The van der Waals surface area contributed by atoms with Crippen LogP contribution in [0.4, 0.5) is 10.1 Å². The van der Waals surface area contributed by atoms with Gasteiger partial charge in [0.25, 0.3) is 0 Å². The molecule has 25 heavy (non-hydrogen) atoms. The molecule has 2 rings (SSSR count).